The van der Waals surface area contributed by atoms with Gasteiger partial charge in [-0.25, -0.2) is 0 Å². The molecule has 0 unspecified atom stereocenters. The number of halogens is 3. The van der Waals surface area contributed by atoms with Crippen LogP contribution >= 0.6 is 0 Å². The molecule has 0 saturated heterocycles. The SMILES string of the molecule is COc1ccc(CO)c(OCCOC(F)(F)F)c1. The number of aliphatic hydroxyl groups excluding tert-OH is 1. The van der Waals surface area contributed by atoms with E-state index in [4.69, 9.17) is 14.6 Å². The fourth-order valence-electron chi connectivity index (χ4n) is 1.24. The summed E-state index contributed by atoms with van der Waals surface area (Å²) in [6, 6.07) is 4.67. The number of hydrogen-bond donors (Lipinski definition) is 1. The van der Waals surface area contributed by atoms with E-state index in [2.05, 4.69) is 4.74 Å². The van der Waals surface area contributed by atoms with E-state index >= 15 is 0 Å². The van der Waals surface area contributed by atoms with Crippen molar-refractivity contribution in [3.05, 3.63) is 23.8 Å². The Hall–Kier alpha value is -1.47. The van der Waals surface area contributed by atoms with Crippen LogP contribution in [0.2, 0.25) is 0 Å². The second-order valence-corrected chi connectivity index (χ2v) is 3.27. The van der Waals surface area contributed by atoms with Crippen LogP contribution in [-0.4, -0.2) is 31.8 Å². The van der Waals surface area contributed by atoms with Crippen molar-refractivity contribution in [1.29, 1.82) is 0 Å². The van der Waals surface area contributed by atoms with Crippen LogP contribution in [0.15, 0.2) is 18.2 Å². The van der Waals surface area contributed by atoms with Gasteiger partial charge in [0.15, 0.2) is 0 Å². The van der Waals surface area contributed by atoms with Crippen molar-refractivity contribution < 1.29 is 32.5 Å². The highest BCUT2D eigenvalue weighted by molar-refractivity contribution is 5.40. The van der Waals surface area contributed by atoms with Gasteiger partial charge in [-0.3, -0.25) is 4.74 Å². The van der Waals surface area contributed by atoms with Crippen LogP contribution in [-0.2, 0) is 11.3 Å². The van der Waals surface area contributed by atoms with E-state index in [1.165, 1.54) is 13.2 Å². The number of benzene rings is 1. The van der Waals surface area contributed by atoms with Crippen molar-refractivity contribution in [3.63, 3.8) is 0 Å². The predicted molar refractivity (Wildman–Crippen MR) is 56.4 cm³/mol. The molecule has 0 amide bonds. The smallest absolute Gasteiger partial charge is 0.497 e. The third kappa shape index (κ3) is 4.80. The average Bonchev–Trinajstić information content (AvgIpc) is 2.33. The molecule has 18 heavy (non-hydrogen) atoms. The number of hydrogen-bond acceptors (Lipinski definition) is 4. The maximum atomic E-state index is 11.7. The summed E-state index contributed by atoms with van der Waals surface area (Å²) in [6.07, 6.45) is -4.67. The Labute approximate surface area is 102 Å². The molecular weight excluding hydrogens is 253 g/mol. The van der Waals surface area contributed by atoms with Gasteiger partial charge in [-0.15, -0.1) is 13.2 Å². The van der Waals surface area contributed by atoms with Gasteiger partial charge in [0, 0.05) is 11.6 Å². The van der Waals surface area contributed by atoms with Crippen molar-refractivity contribution >= 4 is 0 Å². The molecule has 0 aromatic heterocycles. The monoisotopic (exact) mass is 266 g/mol. The summed E-state index contributed by atoms with van der Waals surface area (Å²) in [7, 11) is 1.45. The minimum atomic E-state index is -4.67. The zero-order valence-electron chi connectivity index (χ0n) is 9.66. The minimum Gasteiger partial charge on any atom is -0.497 e. The topological polar surface area (TPSA) is 47.9 Å². The van der Waals surface area contributed by atoms with E-state index in [9.17, 15) is 13.2 Å². The van der Waals surface area contributed by atoms with Crippen molar-refractivity contribution in [2.45, 2.75) is 13.0 Å². The lowest BCUT2D eigenvalue weighted by atomic mass is 10.2. The number of rotatable bonds is 6. The maximum Gasteiger partial charge on any atom is 0.522 e. The zero-order chi connectivity index (χ0) is 13.6. The van der Waals surface area contributed by atoms with E-state index in [1.54, 1.807) is 12.1 Å². The molecule has 0 spiro atoms. The molecule has 1 aromatic rings. The van der Waals surface area contributed by atoms with Gasteiger partial charge in [0.05, 0.1) is 20.3 Å². The number of alkyl halides is 3. The normalized spacial score (nSPS) is 11.4. The van der Waals surface area contributed by atoms with E-state index in [0.29, 0.717) is 11.3 Å². The van der Waals surface area contributed by atoms with Gasteiger partial charge in [-0.1, -0.05) is 0 Å². The van der Waals surface area contributed by atoms with Gasteiger partial charge in [-0.2, -0.15) is 0 Å². The highest BCUT2D eigenvalue weighted by Crippen LogP contribution is 2.25. The van der Waals surface area contributed by atoms with Crippen LogP contribution < -0.4 is 9.47 Å². The predicted octanol–water partition coefficient (Wildman–Crippen LogP) is 2.10. The largest absolute Gasteiger partial charge is 0.522 e. The lowest BCUT2D eigenvalue weighted by Crippen LogP contribution is -2.18. The zero-order valence-corrected chi connectivity index (χ0v) is 9.66. The standard InChI is InChI=1S/C11H13F3O4/c1-16-9-3-2-8(7-15)10(6-9)17-4-5-18-11(12,13)14/h2-3,6,15H,4-5,7H2,1H3. The van der Waals surface area contributed by atoms with Crippen molar-refractivity contribution in [3.8, 4) is 11.5 Å². The Balaban J connectivity index is 2.54. The van der Waals surface area contributed by atoms with Gasteiger partial charge >= 0.3 is 6.36 Å². The maximum absolute atomic E-state index is 11.7. The van der Waals surface area contributed by atoms with Crippen LogP contribution in [0.1, 0.15) is 5.56 Å². The molecule has 1 N–H and O–H groups in total. The number of aliphatic hydroxyl groups is 1. The Morgan fingerprint density at radius 2 is 1.94 bits per heavy atom. The van der Waals surface area contributed by atoms with Crippen LogP contribution in [0.5, 0.6) is 11.5 Å². The van der Waals surface area contributed by atoms with E-state index in [-0.39, 0.29) is 19.0 Å². The Morgan fingerprint density at radius 1 is 1.22 bits per heavy atom. The first-order valence-electron chi connectivity index (χ1n) is 5.07. The Morgan fingerprint density at radius 3 is 2.50 bits per heavy atom. The first-order chi connectivity index (χ1) is 8.46. The van der Waals surface area contributed by atoms with E-state index in [0.717, 1.165) is 0 Å². The third-order valence-electron chi connectivity index (χ3n) is 2.05. The second kappa shape index (κ2) is 6.46. The quantitative estimate of drug-likeness (QED) is 0.801. The molecular formula is C11H13F3O4. The molecule has 1 rings (SSSR count). The lowest BCUT2D eigenvalue weighted by Gasteiger charge is -2.12. The summed E-state index contributed by atoms with van der Waals surface area (Å²) >= 11 is 0. The molecule has 0 fully saturated rings. The summed E-state index contributed by atoms with van der Waals surface area (Å²) in [5.41, 5.74) is 0.461. The van der Waals surface area contributed by atoms with Gasteiger partial charge in [0.1, 0.15) is 18.1 Å². The van der Waals surface area contributed by atoms with Crippen molar-refractivity contribution in [1.82, 2.24) is 0 Å². The van der Waals surface area contributed by atoms with Gasteiger partial charge in [0.25, 0.3) is 0 Å². The summed E-state index contributed by atoms with van der Waals surface area (Å²) in [5.74, 6) is 0.751. The molecule has 0 aliphatic rings. The molecule has 1 aromatic carbocycles. The molecule has 0 saturated carbocycles. The average molecular weight is 266 g/mol. The molecule has 4 nitrogen and oxygen atoms in total. The fourth-order valence-corrected chi connectivity index (χ4v) is 1.24. The van der Waals surface area contributed by atoms with Gasteiger partial charge in [0.2, 0.25) is 0 Å². The number of ether oxygens (including phenoxy) is 3. The summed E-state index contributed by atoms with van der Waals surface area (Å²) < 4.78 is 48.7. The fraction of sp³-hybridized carbons (Fsp3) is 0.455. The first kappa shape index (κ1) is 14.6. The second-order valence-electron chi connectivity index (χ2n) is 3.27. The minimum absolute atomic E-state index is 0.266. The molecule has 0 aliphatic heterocycles. The number of methoxy groups -OCH3 is 1. The Kier molecular flexibility index (Phi) is 5.24. The highest BCUT2D eigenvalue weighted by Gasteiger charge is 2.28. The molecule has 0 atom stereocenters. The summed E-state index contributed by atoms with van der Waals surface area (Å²) in [5, 5.41) is 9.04. The van der Waals surface area contributed by atoms with Crippen molar-refractivity contribution in [2.75, 3.05) is 20.3 Å². The summed E-state index contributed by atoms with van der Waals surface area (Å²) in [6.45, 7) is -1.18. The lowest BCUT2D eigenvalue weighted by molar-refractivity contribution is -0.325. The van der Waals surface area contributed by atoms with Crippen LogP contribution in [0.25, 0.3) is 0 Å². The summed E-state index contributed by atoms with van der Waals surface area (Å²) in [4.78, 5) is 0. The molecule has 0 bridgehead atoms. The molecule has 0 aliphatic carbocycles. The van der Waals surface area contributed by atoms with Gasteiger partial charge < -0.3 is 14.6 Å². The highest BCUT2D eigenvalue weighted by atomic mass is 19.4. The van der Waals surface area contributed by atoms with Gasteiger partial charge in [-0.05, 0) is 12.1 Å². The van der Waals surface area contributed by atoms with Crippen LogP contribution in [0, 0.1) is 0 Å². The van der Waals surface area contributed by atoms with Crippen LogP contribution in [0.3, 0.4) is 0 Å². The molecule has 102 valence electrons. The van der Waals surface area contributed by atoms with Crippen LogP contribution in [0.4, 0.5) is 13.2 Å². The molecule has 0 radical (unpaired) electrons. The van der Waals surface area contributed by atoms with E-state index in [1.807, 2.05) is 0 Å². The van der Waals surface area contributed by atoms with Crippen molar-refractivity contribution in [2.24, 2.45) is 0 Å². The first-order valence-corrected chi connectivity index (χ1v) is 5.07. The van der Waals surface area contributed by atoms with E-state index < -0.39 is 13.0 Å². The molecule has 7 heteroatoms. The molecule has 0 heterocycles. The third-order valence-corrected chi connectivity index (χ3v) is 2.05. The Bertz CT molecular complexity index is 379.